The number of hydrogen-bond donors (Lipinski definition) is 0. The third kappa shape index (κ3) is 4.57. The molecule has 0 aliphatic carbocycles. The van der Waals surface area contributed by atoms with Gasteiger partial charge in [-0.25, -0.2) is 0 Å². The van der Waals surface area contributed by atoms with Crippen LogP contribution in [0.2, 0.25) is 0 Å². The van der Waals surface area contributed by atoms with Crippen molar-refractivity contribution in [3.8, 4) is 0 Å². The van der Waals surface area contributed by atoms with Crippen molar-refractivity contribution in [3.05, 3.63) is 90.1 Å². The van der Waals surface area contributed by atoms with Crippen LogP contribution in [-0.4, -0.2) is 21.8 Å². The number of amides is 1. The van der Waals surface area contributed by atoms with Crippen LogP contribution in [0.5, 0.6) is 0 Å². The Balaban J connectivity index is 1.73. The average molecular weight is 334 g/mol. The quantitative estimate of drug-likeness (QED) is 0.646. The van der Waals surface area contributed by atoms with Gasteiger partial charge in [0.15, 0.2) is 5.76 Å². The first-order chi connectivity index (χ1) is 12.2. The number of benzene rings is 1. The van der Waals surface area contributed by atoms with Crippen LogP contribution >= 0.6 is 0 Å². The van der Waals surface area contributed by atoms with E-state index in [9.17, 15) is 4.79 Å². The zero-order valence-corrected chi connectivity index (χ0v) is 14.3. The number of hydrogen-bond acceptors (Lipinski definition) is 3. The maximum Gasteiger partial charge on any atom is 0.290 e. The Morgan fingerprint density at radius 2 is 1.80 bits per heavy atom. The van der Waals surface area contributed by atoms with Gasteiger partial charge in [0.2, 0.25) is 0 Å². The van der Waals surface area contributed by atoms with Gasteiger partial charge < -0.3 is 9.32 Å². The minimum atomic E-state index is -0.0811. The molecule has 0 saturated carbocycles. The molecule has 1 atom stereocenters. The maximum atomic E-state index is 12.9. The number of carbonyl (C=O) groups is 1. The van der Waals surface area contributed by atoms with E-state index in [1.165, 1.54) is 11.8 Å². The molecule has 2 aromatic heterocycles. The van der Waals surface area contributed by atoms with Gasteiger partial charge in [0.05, 0.1) is 6.26 Å². The summed E-state index contributed by atoms with van der Waals surface area (Å²) in [4.78, 5) is 18.8. The normalized spacial score (nSPS) is 11.9. The summed E-state index contributed by atoms with van der Waals surface area (Å²) in [6.07, 6.45) is 6.85. The molecule has 4 heteroatoms. The van der Waals surface area contributed by atoms with Gasteiger partial charge in [0.25, 0.3) is 5.91 Å². The van der Waals surface area contributed by atoms with Crippen molar-refractivity contribution < 1.29 is 9.21 Å². The smallest absolute Gasteiger partial charge is 0.290 e. The first-order valence-corrected chi connectivity index (χ1v) is 8.51. The number of furan rings is 1. The SMILES string of the molecule is C[C@@H](CCc1ccccc1)N(Cc1ccncc1)C(=O)c1ccco1. The van der Waals surface area contributed by atoms with E-state index >= 15 is 0 Å². The second-order valence-electron chi connectivity index (χ2n) is 6.14. The Labute approximate surface area is 148 Å². The molecule has 25 heavy (non-hydrogen) atoms. The predicted octanol–water partition coefficient (Wildman–Crippen LogP) is 4.34. The van der Waals surface area contributed by atoms with Crippen molar-refractivity contribution in [3.63, 3.8) is 0 Å². The van der Waals surface area contributed by atoms with Gasteiger partial charge in [-0.05, 0) is 55.2 Å². The molecule has 3 rings (SSSR count). The lowest BCUT2D eigenvalue weighted by molar-refractivity contribution is 0.0634. The zero-order chi connectivity index (χ0) is 17.5. The van der Waals surface area contributed by atoms with E-state index in [0.717, 1.165) is 18.4 Å². The molecule has 0 spiro atoms. The van der Waals surface area contributed by atoms with Crippen LogP contribution in [0.1, 0.15) is 35.0 Å². The summed E-state index contributed by atoms with van der Waals surface area (Å²) in [7, 11) is 0. The maximum absolute atomic E-state index is 12.9. The lowest BCUT2D eigenvalue weighted by Crippen LogP contribution is -2.38. The number of rotatable bonds is 7. The molecule has 4 nitrogen and oxygen atoms in total. The lowest BCUT2D eigenvalue weighted by atomic mass is 10.0. The summed E-state index contributed by atoms with van der Waals surface area (Å²) in [6, 6.07) is 17.8. The molecule has 128 valence electrons. The summed E-state index contributed by atoms with van der Waals surface area (Å²) in [5, 5.41) is 0. The lowest BCUT2D eigenvalue weighted by Gasteiger charge is -2.29. The minimum absolute atomic E-state index is 0.0811. The van der Waals surface area contributed by atoms with E-state index in [-0.39, 0.29) is 11.9 Å². The molecule has 0 radical (unpaired) electrons. The zero-order valence-electron chi connectivity index (χ0n) is 14.3. The van der Waals surface area contributed by atoms with Gasteiger partial charge in [-0.3, -0.25) is 9.78 Å². The molecule has 0 fully saturated rings. The summed E-state index contributed by atoms with van der Waals surface area (Å²) in [5.74, 6) is 0.294. The molecule has 0 aliphatic heterocycles. The van der Waals surface area contributed by atoms with Gasteiger partial charge in [-0.2, -0.15) is 0 Å². The first-order valence-electron chi connectivity index (χ1n) is 8.51. The Bertz CT molecular complexity index is 770. The van der Waals surface area contributed by atoms with Crippen molar-refractivity contribution in [2.24, 2.45) is 0 Å². The van der Waals surface area contributed by atoms with E-state index in [1.54, 1.807) is 24.5 Å². The van der Waals surface area contributed by atoms with E-state index in [4.69, 9.17) is 4.42 Å². The van der Waals surface area contributed by atoms with Crippen LogP contribution in [0.3, 0.4) is 0 Å². The van der Waals surface area contributed by atoms with Gasteiger partial charge in [-0.1, -0.05) is 30.3 Å². The number of pyridine rings is 1. The molecule has 0 aliphatic rings. The number of carbonyl (C=O) groups excluding carboxylic acids is 1. The van der Waals surface area contributed by atoms with Crippen LogP contribution < -0.4 is 0 Å². The monoisotopic (exact) mass is 334 g/mol. The Hall–Kier alpha value is -2.88. The van der Waals surface area contributed by atoms with Crippen LogP contribution in [0.4, 0.5) is 0 Å². The molecule has 0 N–H and O–H groups in total. The predicted molar refractivity (Wildman–Crippen MR) is 97.0 cm³/mol. The van der Waals surface area contributed by atoms with Crippen molar-refractivity contribution >= 4 is 5.91 Å². The second kappa shape index (κ2) is 8.29. The largest absolute Gasteiger partial charge is 0.459 e. The molecular weight excluding hydrogens is 312 g/mol. The minimum Gasteiger partial charge on any atom is -0.459 e. The summed E-state index contributed by atoms with van der Waals surface area (Å²) < 4.78 is 5.32. The van der Waals surface area contributed by atoms with Crippen LogP contribution in [0, 0.1) is 0 Å². The fourth-order valence-electron chi connectivity index (χ4n) is 2.83. The molecule has 3 aromatic rings. The summed E-state index contributed by atoms with van der Waals surface area (Å²) in [6.45, 7) is 2.63. The third-order valence-corrected chi connectivity index (χ3v) is 4.32. The molecule has 2 heterocycles. The first kappa shape index (κ1) is 17.0. The van der Waals surface area contributed by atoms with Gasteiger partial charge >= 0.3 is 0 Å². The molecule has 1 amide bonds. The fraction of sp³-hybridized carbons (Fsp3) is 0.238. The van der Waals surface area contributed by atoms with E-state index in [1.807, 2.05) is 35.2 Å². The molecule has 0 unspecified atom stereocenters. The van der Waals surface area contributed by atoms with Crippen molar-refractivity contribution in [2.45, 2.75) is 32.4 Å². The van der Waals surface area contributed by atoms with Crippen molar-refractivity contribution in [2.75, 3.05) is 0 Å². The molecule has 0 bridgehead atoms. The third-order valence-electron chi connectivity index (χ3n) is 4.32. The van der Waals surface area contributed by atoms with E-state index in [0.29, 0.717) is 12.3 Å². The highest BCUT2D eigenvalue weighted by molar-refractivity contribution is 5.91. The average Bonchev–Trinajstić information content (AvgIpc) is 3.20. The highest BCUT2D eigenvalue weighted by Gasteiger charge is 2.23. The second-order valence-corrected chi connectivity index (χ2v) is 6.14. The Kier molecular flexibility index (Phi) is 5.62. The number of nitrogens with zero attached hydrogens (tertiary/aromatic N) is 2. The van der Waals surface area contributed by atoms with Crippen LogP contribution in [-0.2, 0) is 13.0 Å². The highest BCUT2D eigenvalue weighted by Crippen LogP contribution is 2.17. The topological polar surface area (TPSA) is 46.3 Å². The van der Waals surface area contributed by atoms with E-state index in [2.05, 4.69) is 24.0 Å². The summed E-state index contributed by atoms with van der Waals surface area (Å²) in [5.41, 5.74) is 2.34. The highest BCUT2D eigenvalue weighted by atomic mass is 16.3. The van der Waals surface area contributed by atoms with Crippen molar-refractivity contribution in [1.29, 1.82) is 0 Å². The number of aromatic nitrogens is 1. The van der Waals surface area contributed by atoms with Gasteiger partial charge in [-0.15, -0.1) is 0 Å². The standard InChI is InChI=1S/C21H22N2O2/c1-17(9-10-18-6-3-2-4-7-18)23(16-19-11-13-22-14-12-19)21(24)20-8-5-15-25-20/h2-8,11-15,17H,9-10,16H2,1H3/t17-/m0/s1. The molecule has 0 saturated heterocycles. The van der Waals surface area contributed by atoms with Gasteiger partial charge in [0, 0.05) is 25.0 Å². The van der Waals surface area contributed by atoms with E-state index < -0.39 is 0 Å². The Morgan fingerprint density at radius 1 is 1.04 bits per heavy atom. The molecule has 1 aromatic carbocycles. The van der Waals surface area contributed by atoms with Gasteiger partial charge in [0.1, 0.15) is 0 Å². The summed E-state index contributed by atoms with van der Waals surface area (Å²) >= 11 is 0. The number of aryl methyl sites for hydroxylation is 1. The van der Waals surface area contributed by atoms with Crippen LogP contribution in [0.25, 0.3) is 0 Å². The fourth-order valence-corrected chi connectivity index (χ4v) is 2.83. The van der Waals surface area contributed by atoms with Crippen LogP contribution in [0.15, 0.2) is 77.7 Å². The van der Waals surface area contributed by atoms with Crippen molar-refractivity contribution in [1.82, 2.24) is 9.88 Å². The Morgan fingerprint density at radius 3 is 2.48 bits per heavy atom. The molecular formula is C21H22N2O2.